The molecule has 5 rings (SSSR count). The van der Waals surface area contributed by atoms with Gasteiger partial charge in [-0.1, -0.05) is 48.5 Å². The van der Waals surface area contributed by atoms with Crippen LogP contribution in [0.25, 0.3) is 27.5 Å². The summed E-state index contributed by atoms with van der Waals surface area (Å²) in [6.45, 7) is 0.508. The Hall–Kier alpha value is -3.71. The van der Waals surface area contributed by atoms with Crippen molar-refractivity contribution in [1.82, 2.24) is 14.6 Å². The number of nitrogens with zero attached hydrogens (tertiary/aromatic N) is 3. The maximum absolute atomic E-state index is 12.2. The summed E-state index contributed by atoms with van der Waals surface area (Å²) in [7, 11) is -3.53. The fourth-order valence-electron chi connectivity index (χ4n) is 3.51. The molecule has 2 aromatic heterocycles. The zero-order valence-corrected chi connectivity index (χ0v) is 17.6. The summed E-state index contributed by atoms with van der Waals surface area (Å²) < 4.78 is 31.7. The van der Waals surface area contributed by atoms with Crippen molar-refractivity contribution in [3.63, 3.8) is 0 Å². The van der Waals surface area contributed by atoms with Crippen LogP contribution in [0, 0.1) is 0 Å². The summed E-state index contributed by atoms with van der Waals surface area (Å²) in [5.41, 5.74) is 3.20. The van der Waals surface area contributed by atoms with Gasteiger partial charge < -0.3 is 4.74 Å². The highest BCUT2D eigenvalue weighted by atomic mass is 32.2. The summed E-state index contributed by atoms with van der Waals surface area (Å²) in [5.74, 6) is 0.794. The maximum atomic E-state index is 12.2. The van der Waals surface area contributed by atoms with Crippen molar-refractivity contribution < 1.29 is 13.2 Å². The molecule has 6 nitrogen and oxygen atoms in total. The van der Waals surface area contributed by atoms with Gasteiger partial charge in [0.15, 0.2) is 0 Å². The molecule has 3 aromatic carbocycles. The van der Waals surface area contributed by atoms with Gasteiger partial charge in [-0.15, -0.1) is 0 Å². The van der Waals surface area contributed by atoms with E-state index in [1.807, 2.05) is 72.8 Å². The lowest BCUT2D eigenvalue weighted by atomic mass is 10.0. The minimum atomic E-state index is -3.53. The van der Waals surface area contributed by atoms with Crippen LogP contribution in [0.4, 0.5) is 0 Å². The molecule has 0 saturated heterocycles. The standard InChI is InChI=1S/C24H19N3O3S/c1-31(28,29)24-26-23(15-21-11-12-25-27(21)24)20-8-7-19-14-22(10-9-18(19)13-20)30-16-17-5-3-2-4-6-17/h2-15H,16H2,1H3. The van der Waals surface area contributed by atoms with E-state index in [2.05, 4.69) is 10.1 Å². The van der Waals surface area contributed by atoms with Crippen LogP contribution in [0.5, 0.6) is 5.75 Å². The monoisotopic (exact) mass is 429 g/mol. The molecule has 0 aliphatic rings. The second-order valence-corrected chi connectivity index (χ2v) is 9.27. The molecule has 0 aliphatic carbocycles. The van der Waals surface area contributed by atoms with Crippen molar-refractivity contribution >= 4 is 26.1 Å². The Morgan fingerprint density at radius 2 is 1.68 bits per heavy atom. The summed E-state index contributed by atoms with van der Waals surface area (Å²) in [6, 6.07) is 25.5. The van der Waals surface area contributed by atoms with Gasteiger partial charge in [-0.05, 0) is 46.7 Å². The van der Waals surface area contributed by atoms with Crippen LogP contribution in [0.15, 0.2) is 90.2 Å². The quantitative estimate of drug-likeness (QED) is 0.384. The number of sulfone groups is 1. The van der Waals surface area contributed by atoms with E-state index >= 15 is 0 Å². The highest BCUT2D eigenvalue weighted by molar-refractivity contribution is 7.90. The lowest BCUT2D eigenvalue weighted by molar-refractivity contribution is 0.306. The largest absolute Gasteiger partial charge is 0.489 e. The molecule has 7 heteroatoms. The Balaban J connectivity index is 1.49. The van der Waals surface area contributed by atoms with E-state index in [4.69, 9.17) is 4.74 Å². The Labute approximate surface area is 179 Å². The van der Waals surface area contributed by atoms with E-state index < -0.39 is 9.84 Å². The van der Waals surface area contributed by atoms with Crippen molar-refractivity contribution in [2.24, 2.45) is 0 Å². The van der Waals surface area contributed by atoms with Gasteiger partial charge in [0.05, 0.1) is 17.4 Å². The van der Waals surface area contributed by atoms with Crippen LogP contribution in [-0.2, 0) is 16.4 Å². The first-order chi connectivity index (χ1) is 15.0. The van der Waals surface area contributed by atoms with Gasteiger partial charge in [-0.2, -0.15) is 5.10 Å². The van der Waals surface area contributed by atoms with Crippen molar-refractivity contribution in [1.29, 1.82) is 0 Å². The van der Waals surface area contributed by atoms with Crippen LogP contribution in [-0.4, -0.2) is 29.3 Å². The van der Waals surface area contributed by atoms with Crippen LogP contribution < -0.4 is 4.74 Å². The SMILES string of the molecule is CS(=O)(=O)c1nc(-c2ccc3cc(OCc4ccccc4)ccc3c2)cc2ccnn12. The van der Waals surface area contributed by atoms with Crippen molar-refractivity contribution in [2.75, 3.05) is 6.26 Å². The van der Waals surface area contributed by atoms with E-state index in [0.29, 0.717) is 17.8 Å². The van der Waals surface area contributed by atoms with E-state index in [0.717, 1.165) is 33.9 Å². The summed E-state index contributed by atoms with van der Waals surface area (Å²) in [6.07, 6.45) is 2.70. The Kier molecular flexibility index (Phi) is 4.67. The molecule has 5 aromatic rings. The smallest absolute Gasteiger partial charge is 0.249 e. The summed E-state index contributed by atoms with van der Waals surface area (Å²) in [5, 5.41) is 6.05. The molecule has 0 spiro atoms. The van der Waals surface area contributed by atoms with Crippen LogP contribution >= 0.6 is 0 Å². The lowest BCUT2D eigenvalue weighted by Crippen LogP contribution is -2.09. The zero-order valence-electron chi connectivity index (χ0n) is 16.8. The van der Waals surface area contributed by atoms with Gasteiger partial charge in [0.1, 0.15) is 12.4 Å². The zero-order chi connectivity index (χ0) is 21.4. The molecule has 0 N–H and O–H groups in total. The molecule has 0 unspecified atom stereocenters. The molecule has 0 saturated carbocycles. The molecule has 0 bridgehead atoms. The Bertz CT molecular complexity index is 1510. The summed E-state index contributed by atoms with van der Waals surface area (Å²) >= 11 is 0. The van der Waals surface area contributed by atoms with E-state index in [1.54, 1.807) is 12.3 Å². The van der Waals surface area contributed by atoms with Crippen LogP contribution in [0.2, 0.25) is 0 Å². The molecular formula is C24H19N3O3S. The number of aromatic nitrogens is 3. The van der Waals surface area contributed by atoms with Gasteiger partial charge in [0, 0.05) is 11.8 Å². The molecule has 31 heavy (non-hydrogen) atoms. The third-order valence-corrected chi connectivity index (χ3v) is 5.97. The number of ether oxygens (including phenoxy) is 1. The number of rotatable bonds is 5. The van der Waals surface area contributed by atoms with Crippen molar-refractivity contribution in [2.45, 2.75) is 11.8 Å². The first-order valence-corrected chi connectivity index (χ1v) is 11.6. The average molecular weight is 430 g/mol. The molecule has 0 atom stereocenters. The van der Waals surface area contributed by atoms with E-state index in [1.165, 1.54) is 4.52 Å². The molecular weight excluding hydrogens is 410 g/mol. The molecule has 0 amide bonds. The molecule has 0 radical (unpaired) electrons. The predicted molar refractivity (Wildman–Crippen MR) is 120 cm³/mol. The number of hydrogen-bond acceptors (Lipinski definition) is 5. The second kappa shape index (κ2) is 7.52. The van der Waals surface area contributed by atoms with Gasteiger partial charge in [0.25, 0.3) is 0 Å². The fourth-order valence-corrected chi connectivity index (χ4v) is 4.24. The third kappa shape index (κ3) is 3.87. The van der Waals surface area contributed by atoms with Crippen molar-refractivity contribution in [3.05, 3.63) is 90.6 Å². The highest BCUT2D eigenvalue weighted by Gasteiger charge is 2.17. The van der Waals surface area contributed by atoms with Gasteiger partial charge >= 0.3 is 0 Å². The second-order valence-electron chi connectivity index (χ2n) is 7.36. The van der Waals surface area contributed by atoms with Crippen LogP contribution in [0.3, 0.4) is 0 Å². The lowest BCUT2D eigenvalue weighted by Gasteiger charge is -2.10. The van der Waals surface area contributed by atoms with Crippen molar-refractivity contribution in [3.8, 4) is 17.0 Å². The number of fused-ring (bicyclic) bond motifs is 2. The average Bonchev–Trinajstić information content (AvgIpc) is 3.25. The van der Waals surface area contributed by atoms with Gasteiger partial charge in [-0.3, -0.25) is 0 Å². The Morgan fingerprint density at radius 3 is 2.48 bits per heavy atom. The normalized spacial score (nSPS) is 11.8. The maximum Gasteiger partial charge on any atom is 0.249 e. The number of hydrogen-bond donors (Lipinski definition) is 0. The third-order valence-electron chi connectivity index (χ3n) is 5.04. The molecule has 0 aliphatic heterocycles. The highest BCUT2D eigenvalue weighted by Crippen LogP contribution is 2.28. The number of benzene rings is 3. The minimum Gasteiger partial charge on any atom is -0.489 e. The van der Waals surface area contributed by atoms with Gasteiger partial charge in [0.2, 0.25) is 15.0 Å². The summed E-state index contributed by atoms with van der Waals surface area (Å²) in [4.78, 5) is 4.39. The van der Waals surface area contributed by atoms with Crippen LogP contribution in [0.1, 0.15) is 5.56 Å². The Morgan fingerprint density at radius 1 is 0.903 bits per heavy atom. The topological polar surface area (TPSA) is 73.6 Å². The first kappa shape index (κ1) is 19.3. The molecule has 154 valence electrons. The predicted octanol–water partition coefficient (Wildman–Crippen LogP) is 4.53. The molecule has 0 fully saturated rings. The fraction of sp³-hybridized carbons (Fsp3) is 0.0833. The van der Waals surface area contributed by atoms with E-state index in [9.17, 15) is 8.42 Å². The molecule has 2 heterocycles. The first-order valence-electron chi connectivity index (χ1n) is 9.73. The van der Waals surface area contributed by atoms with Gasteiger partial charge in [-0.25, -0.2) is 17.9 Å². The van der Waals surface area contributed by atoms with E-state index in [-0.39, 0.29) is 5.16 Å². The minimum absolute atomic E-state index is 0.0743.